The maximum Gasteiger partial charge on any atom is 0.225 e. The van der Waals surface area contributed by atoms with Gasteiger partial charge in [-0.1, -0.05) is 0 Å². The van der Waals surface area contributed by atoms with Crippen LogP contribution in [0.25, 0.3) is 0 Å². The highest BCUT2D eigenvalue weighted by molar-refractivity contribution is 5.78. The zero-order chi connectivity index (χ0) is 20.1. The van der Waals surface area contributed by atoms with E-state index in [1.54, 1.807) is 6.20 Å². The van der Waals surface area contributed by atoms with Crippen molar-refractivity contribution in [1.29, 1.82) is 0 Å². The summed E-state index contributed by atoms with van der Waals surface area (Å²) < 4.78 is 2.05. The van der Waals surface area contributed by atoms with E-state index in [1.165, 1.54) is 19.3 Å². The predicted molar refractivity (Wildman–Crippen MR) is 113 cm³/mol. The van der Waals surface area contributed by atoms with Crippen LogP contribution in [0.1, 0.15) is 37.9 Å². The third-order valence-electron chi connectivity index (χ3n) is 6.07. The molecular weight excluding hydrogens is 366 g/mol. The van der Waals surface area contributed by atoms with Crippen LogP contribution in [0.5, 0.6) is 0 Å². The van der Waals surface area contributed by atoms with Crippen LogP contribution in [0.3, 0.4) is 0 Å². The SMILES string of the molecule is Cc1nccn1CCNC(=O)C1CCN(c2cnc(N3CCCCC3)nc2)CC1. The number of amides is 1. The fourth-order valence-electron chi connectivity index (χ4n) is 4.22. The molecule has 4 rings (SSSR count). The zero-order valence-corrected chi connectivity index (χ0v) is 17.3. The highest BCUT2D eigenvalue weighted by Gasteiger charge is 2.25. The molecule has 8 nitrogen and oxygen atoms in total. The molecule has 0 aromatic carbocycles. The van der Waals surface area contributed by atoms with Crippen LogP contribution in [-0.4, -0.2) is 58.1 Å². The number of carbonyl (C=O) groups excluding carboxylic acids is 1. The van der Waals surface area contributed by atoms with E-state index in [9.17, 15) is 4.79 Å². The summed E-state index contributed by atoms with van der Waals surface area (Å²) in [5, 5.41) is 3.08. The Bertz CT molecular complexity index is 790. The molecule has 0 aliphatic carbocycles. The lowest BCUT2D eigenvalue weighted by Crippen LogP contribution is -2.41. The molecule has 2 saturated heterocycles. The second-order valence-electron chi connectivity index (χ2n) is 8.01. The second kappa shape index (κ2) is 9.24. The molecule has 2 aliphatic rings. The highest BCUT2D eigenvalue weighted by Crippen LogP contribution is 2.24. The molecular formula is C21H31N7O. The first-order chi connectivity index (χ1) is 14.2. The number of aryl methyl sites for hydroxylation is 1. The van der Waals surface area contributed by atoms with Crippen LogP contribution in [0.4, 0.5) is 11.6 Å². The van der Waals surface area contributed by atoms with Crippen LogP contribution in [0.15, 0.2) is 24.8 Å². The molecule has 0 saturated carbocycles. The average molecular weight is 398 g/mol. The number of aromatic nitrogens is 4. The third kappa shape index (κ3) is 4.86. The number of rotatable bonds is 6. The molecule has 29 heavy (non-hydrogen) atoms. The molecule has 0 spiro atoms. The van der Waals surface area contributed by atoms with Crippen molar-refractivity contribution in [1.82, 2.24) is 24.8 Å². The Labute approximate surface area is 172 Å². The first kappa shape index (κ1) is 19.7. The largest absolute Gasteiger partial charge is 0.369 e. The Balaban J connectivity index is 1.22. The zero-order valence-electron chi connectivity index (χ0n) is 17.3. The van der Waals surface area contributed by atoms with Gasteiger partial charge >= 0.3 is 0 Å². The van der Waals surface area contributed by atoms with Crippen molar-refractivity contribution < 1.29 is 4.79 Å². The van der Waals surface area contributed by atoms with Gasteiger partial charge in [-0.05, 0) is 39.0 Å². The number of imidazole rings is 1. The van der Waals surface area contributed by atoms with E-state index in [0.29, 0.717) is 6.54 Å². The molecule has 2 aromatic heterocycles. The van der Waals surface area contributed by atoms with Gasteiger partial charge in [-0.25, -0.2) is 15.0 Å². The van der Waals surface area contributed by atoms with Crippen molar-refractivity contribution in [2.45, 2.75) is 45.6 Å². The van der Waals surface area contributed by atoms with E-state index in [2.05, 4.69) is 34.6 Å². The van der Waals surface area contributed by atoms with E-state index < -0.39 is 0 Å². The van der Waals surface area contributed by atoms with E-state index >= 15 is 0 Å². The summed E-state index contributed by atoms with van der Waals surface area (Å²) in [6.45, 7) is 7.22. The summed E-state index contributed by atoms with van der Waals surface area (Å²) in [6.07, 6.45) is 13.1. The van der Waals surface area contributed by atoms with Crippen molar-refractivity contribution in [3.8, 4) is 0 Å². The van der Waals surface area contributed by atoms with Gasteiger partial charge in [-0.3, -0.25) is 4.79 Å². The summed E-state index contributed by atoms with van der Waals surface area (Å²) in [4.78, 5) is 30.4. The Kier molecular flexibility index (Phi) is 6.27. The number of carbonyl (C=O) groups is 1. The molecule has 1 N–H and O–H groups in total. The fourth-order valence-corrected chi connectivity index (χ4v) is 4.22. The molecule has 8 heteroatoms. The highest BCUT2D eigenvalue weighted by atomic mass is 16.1. The molecule has 0 bridgehead atoms. The number of piperidine rings is 2. The third-order valence-corrected chi connectivity index (χ3v) is 6.07. The van der Waals surface area contributed by atoms with Crippen molar-refractivity contribution in [2.75, 3.05) is 42.5 Å². The maximum atomic E-state index is 12.5. The molecule has 2 aliphatic heterocycles. The Morgan fingerprint density at radius 2 is 1.76 bits per heavy atom. The van der Waals surface area contributed by atoms with Gasteiger partial charge in [-0.2, -0.15) is 0 Å². The van der Waals surface area contributed by atoms with E-state index in [4.69, 9.17) is 0 Å². The lowest BCUT2D eigenvalue weighted by atomic mass is 9.95. The maximum absolute atomic E-state index is 12.5. The van der Waals surface area contributed by atoms with Crippen molar-refractivity contribution >= 4 is 17.5 Å². The Morgan fingerprint density at radius 1 is 1.03 bits per heavy atom. The van der Waals surface area contributed by atoms with Crippen molar-refractivity contribution in [3.05, 3.63) is 30.6 Å². The standard InChI is InChI=1S/C21H31N7O/c1-17-22-7-13-26(17)14-8-23-20(29)18-5-11-27(12-6-18)19-15-24-21(25-16-19)28-9-3-2-4-10-28/h7,13,15-16,18H,2-6,8-12,14H2,1H3,(H,23,29). The van der Waals surface area contributed by atoms with E-state index in [0.717, 1.165) is 63.0 Å². The van der Waals surface area contributed by atoms with Gasteiger partial charge in [0.25, 0.3) is 0 Å². The van der Waals surface area contributed by atoms with Crippen LogP contribution in [-0.2, 0) is 11.3 Å². The first-order valence-corrected chi connectivity index (χ1v) is 10.8. The minimum absolute atomic E-state index is 0.0867. The Hall–Kier alpha value is -2.64. The monoisotopic (exact) mass is 397 g/mol. The van der Waals surface area contributed by atoms with Gasteiger partial charge in [0, 0.05) is 57.6 Å². The van der Waals surface area contributed by atoms with Gasteiger partial charge in [0.1, 0.15) is 5.82 Å². The molecule has 0 unspecified atom stereocenters. The van der Waals surface area contributed by atoms with Gasteiger partial charge in [-0.15, -0.1) is 0 Å². The number of hydrogen-bond donors (Lipinski definition) is 1. The second-order valence-corrected chi connectivity index (χ2v) is 8.01. The fraction of sp³-hybridized carbons (Fsp3) is 0.619. The topological polar surface area (TPSA) is 79.2 Å². The van der Waals surface area contributed by atoms with Gasteiger partial charge in [0.2, 0.25) is 11.9 Å². The van der Waals surface area contributed by atoms with Crippen LogP contribution in [0, 0.1) is 12.8 Å². The smallest absolute Gasteiger partial charge is 0.225 e. The number of anilines is 2. The van der Waals surface area contributed by atoms with Crippen LogP contribution >= 0.6 is 0 Å². The summed E-state index contributed by atoms with van der Waals surface area (Å²) in [7, 11) is 0. The van der Waals surface area contributed by atoms with Gasteiger partial charge in [0.15, 0.2) is 0 Å². The predicted octanol–water partition coefficient (Wildman–Crippen LogP) is 2.00. The average Bonchev–Trinajstić information content (AvgIpc) is 3.19. The Morgan fingerprint density at radius 3 is 2.41 bits per heavy atom. The normalized spacial score (nSPS) is 18.1. The van der Waals surface area contributed by atoms with Crippen molar-refractivity contribution in [3.63, 3.8) is 0 Å². The summed E-state index contributed by atoms with van der Waals surface area (Å²) in [5.41, 5.74) is 1.06. The van der Waals surface area contributed by atoms with E-state index in [-0.39, 0.29) is 11.8 Å². The summed E-state index contributed by atoms with van der Waals surface area (Å²) in [5.74, 6) is 2.07. The lowest BCUT2D eigenvalue weighted by molar-refractivity contribution is -0.125. The minimum atomic E-state index is 0.0867. The molecule has 4 heterocycles. The molecule has 0 radical (unpaired) electrons. The van der Waals surface area contributed by atoms with Gasteiger partial charge < -0.3 is 19.7 Å². The quantitative estimate of drug-likeness (QED) is 0.803. The molecule has 2 fully saturated rings. The molecule has 156 valence electrons. The number of nitrogens with zero attached hydrogens (tertiary/aromatic N) is 6. The lowest BCUT2D eigenvalue weighted by Gasteiger charge is -2.33. The van der Waals surface area contributed by atoms with E-state index in [1.807, 2.05) is 25.5 Å². The minimum Gasteiger partial charge on any atom is -0.369 e. The number of hydrogen-bond acceptors (Lipinski definition) is 6. The number of nitrogens with one attached hydrogen (secondary N) is 1. The first-order valence-electron chi connectivity index (χ1n) is 10.8. The van der Waals surface area contributed by atoms with Crippen LogP contribution in [0.2, 0.25) is 0 Å². The summed E-state index contributed by atoms with van der Waals surface area (Å²) >= 11 is 0. The molecule has 1 amide bonds. The van der Waals surface area contributed by atoms with Crippen molar-refractivity contribution in [2.24, 2.45) is 5.92 Å². The van der Waals surface area contributed by atoms with Gasteiger partial charge in [0.05, 0.1) is 18.1 Å². The summed E-state index contributed by atoms with van der Waals surface area (Å²) in [6, 6.07) is 0. The molecule has 0 atom stereocenters. The van der Waals surface area contributed by atoms with Crippen LogP contribution < -0.4 is 15.1 Å². The molecule has 2 aromatic rings.